The number of nitrogens with zero attached hydrogens (tertiary/aromatic N) is 3. The van der Waals surface area contributed by atoms with Crippen LogP contribution in [-0.4, -0.2) is 27.8 Å². The van der Waals surface area contributed by atoms with Gasteiger partial charge in [-0.1, -0.05) is 0 Å². The lowest BCUT2D eigenvalue weighted by atomic mass is 10.1. The third-order valence-corrected chi connectivity index (χ3v) is 4.60. The Morgan fingerprint density at radius 1 is 1.00 bits per heavy atom. The molecule has 2 aromatic heterocycles. The molecule has 5 nitrogen and oxygen atoms in total. The Labute approximate surface area is 172 Å². The van der Waals surface area contributed by atoms with E-state index in [-0.39, 0.29) is 29.9 Å². The molecule has 1 aromatic carbocycles. The SMILES string of the molecule is O=c1c2c(F)c(F)c(-c3ncc(C(F)F)cn3)cc2ccn1CCCCCOC(F)F. The van der Waals surface area contributed by atoms with E-state index < -0.39 is 41.2 Å². The van der Waals surface area contributed by atoms with Crippen LogP contribution in [-0.2, 0) is 11.3 Å². The monoisotopic (exact) mass is 445 g/mol. The van der Waals surface area contributed by atoms with Gasteiger partial charge in [0.1, 0.15) is 0 Å². The zero-order chi connectivity index (χ0) is 22.5. The van der Waals surface area contributed by atoms with Crippen LogP contribution in [0.4, 0.5) is 26.3 Å². The van der Waals surface area contributed by atoms with Crippen LogP contribution in [0.15, 0.2) is 35.5 Å². The molecule has 2 heterocycles. The Kier molecular flexibility index (Phi) is 7.26. The molecule has 0 unspecified atom stereocenters. The summed E-state index contributed by atoms with van der Waals surface area (Å²) in [6.45, 7) is -2.77. The molecule has 0 spiro atoms. The van der Waals surface area contributed by atoms with Gasteiger partial charge in [0.2, 0.25) is 0 Å². The van der Waals surface area contributed by atoms with Crippen molar-refractivity contribution in [1.82, 2.24) is 14.5 Å². The van der Waals surface area contributed by atoms with Gasteiger partial charge in [-0.15, -0.1) is 0 Å². The van der Waals surface area contributed by atoms with Crippen LogP contribution in [0.2, 0.25) is 0 Å². The molecule has 0 saturated carbocycles. The first kappa shape index (κ1) is 22.7. The normalized spacial score (nSPS) is 11.7. The van der Waals surface area contributed by atoms with Crippen LogP contribution < -0.4 is 5.56 Å². The third-order valence-electron chi connectivity index (χ3n) is 4.60. The van der Waals surface area contributed by atoms with Crippen molar-refractivity contribution in [3.05, 3.63) is 58.3 Å². The van der Waals surface area contributed by atoms with Gasteiger partial charge >= 0.3 is 6.61 Å². The highest BCUT2D eigenvalue weighted by Gasteiger charge is 2.20. The van der Waals surface area contributed by atoms with Crippen molar-refractivity contribution in [1.29, 1.82) is 0 Å². The van der Waals surface area contributed by atoms with Gasteiger partial charge in [-0.25, -0.2) is 27.5 Å². The maximum Gasteiger partial charge on any atom is 0.345 e. The Balaban J connectivity index is 1.83. The molecule has 0 N–H and O–H groups in total. The molecule has 0 atom stereocenters. The summed E-state index contributed by atoms with van der Waals surface area (Å²) in [4.78, 5) is 19.9. The van der Waals surface area contributed by atoms with E-state index in [1.165, 1.54) is 22.9 Å². The summed E-state index contributed by atoms with van der Waals surface area (Å²) in [5, 5.41) is -0.365. The number of halogens is 6. The standard InChI is InChI=1S/C20H17F6N3O2/c21-15-13(18-27-9-12(10-28-18)17(23)24)8-11-4-6-29(19(30)14(11)16(15)22)5-2-1-3-7-31-20(25)26/h4,6,8-10,17,20H,1-3,5,7H2. The van der Waals surface area contributed by atoms with Crippen LogP contribution in [0.5, 0.6) is 0 Å². The summed E-state index contributed by atoms with van der Waals surface area (Å²) in [6, 6.07) is 2.59. The number of hydrogen-bond acceptors (Lipinski definition) is 4. The van der Waals surface area contributed by atoms with Crippen molar-refractivity contribution in [3.63, 3.8) is 0 Å². The maximum atomic E-state index is 14.7. The Hall–Kier alpha value is -2.95. The first-order valence-electron chi connectivity index (χ1n) is 9.31. The van der Waals surface area contributed by atoms with Gasteiger partial charge in [0, 0.05) is 25.1 Å². The van der Waals surface area contributed by atoms with Crippen LogP contribution >= 0.6 is 0 Å². The van der Waals surface area contributed by atoms with Gasteiger partial charge in [0.25, 0.3) is 12.0 Å². The van der Waals surface area contributed by atoms with Crippen molar-refractivity contribution >= 4 is 10.8 Å². The zero-order valence-electron chi connectivity index (χ0n) is 16.0. The van der Waals surface area contributed by atoms with Crippen LogP contribution in [0.1, 0.15) is 31.3 Å². The van der Waals surface area contributed by atoms with Crippen molar-refractivity contribution in [2.45, 2.75) is 38.8 Å². The minimum absolute atomic E-state index is 0.0991. The maximum absolute atomic E-state index is 14.7. The van der Waals surface area contributed by atoms with Crippen molar-refractivity contribution in [2.24, 2.45) is 0 Å². The van der Waals surface area contributed by atoms with Gasteiger partial charge in [-0.3, -0.25) is 4.79 Å². The highest BCUT2D eigenvalue weighted by atomic mass is 19.3. The van der Waals surface area contributed by atoms with Crippen LogP contribution in [0.25, 0.3) is 22.2 Å². The molecule has 0 aliphatic rings. The summed E-state index contributed by atoms with van der Waals surface area (Å²) in [5.74, 6) is -3.05. The molecule has 166 valence electrons. The lowest BCUT2D eigenvalue weighted by Crippen LogP contribution is -2.21. The molecule has 0 radical (unpaired) electrons. The number of fused-ring (bicyclic) bond motifs is 1. The quantitative estimate of drug-likeness (QED) is 0.340. The second-order valence-electron chi connectivity index (χ2n) is 6.66. The van der Waals surface area contributed by atoms with E-state index in [0.717, 1.165) is 12.4 Å². The average Bonchev–Trinajstić information content (AvgIpc) is 2.74. The minimum Gasteiger partial charge on any atom is -0.323 e. The lowest BCUT2D eigenvalue weighted by Gasteiger charge is -2.10. The number of aryl methyl sites for hydroxylation is 1. The first-order chi connectivity index (χ1) is 14.8. The molecule has 0 aliphatic heterocycles. The molecule has 3 aromatic rings. The molecular weight excluding hydrogens is 428 g/mol. The molecule has 11 heteroatoms. The van der Waals surface area contributed by atoms with E-state index in [1.54, 1.807) is 0 Å². The van der Waals surface area contributed by atoms with Crippen molar-refractivity contribution in [3.8, 4) is 11.4 Å². The van der Waals surface area contributed by atoms with E-state index >= 15 is 0 Å². The molecule has 0 aliphatic carbocycles. The fourth-order valence-electron chi connectivity index (χ4n) is 3.04. The number of aromatic nitrogens is 3. The average molecular weight is 445 g/mol. The van der Waals surface area contributed by atoms with Gasteiger partial charge in [-0.05, 0) is 36.8 Å². The topological polar surface area (TPSA) is 57.0 Å². The Morgan fingerprint density at radius 2 is 1.71 bits per heavy atom. The molecule has 0 amide bonds. The second kappa shape index (κ2) is 9.90. The number of rotatable bonds is 9. The van der Waals surface area contributed by atoms with Gasteiger partial charge in [0.05, 0.1) is 23.1 Å². The third kappa shape index (κ3) is 5.22. The van der Waals surface area contributed by atoms with Crippen molar-refractivity contribution in [2.75, 3.05) is 6.61 Å². The summed E-state index contributed by atoms with van der Waals surface area (Å²) < 4.78 is 83.7. The van der Waals surface area contributed by atoms with Gasteiger partial charge in [0.15, 0.2) is 17.5 Å². The first-order valence-corrected chi connectivity index (χ1v) is 9.31. The summed E-state index contributed by atoms with van der Waals surface area (Å²) in [5.41, 5.74) is -1.57. The molecular formula is C20H17F6N3O2. The number of hydrogen-bond donors (Lipinski definition) is 0. The van der Waals surface area contributed by atoms with E-state index in [2.05, 4.69) is 14.7 Å². The summed E-state index contributed by atoms with van der Waals surface area (Å²) in [7, 11) is 0. The van der Waals surface area contributed by atoms with Crippen LogP contribution in [0.3, 0.4) is 0 Å². The number of benzene rings is 1. The predicted octanol–water partition coefficient (Wildman–Crippen LogP) is 5.08. The predicted molar refractivity (Wildman–Crippen MR) is 99.9 cm³/mol. The fraction of sp³-hybridized carbons (Fsp3) is 0.350. The highest BCUT2D eigenvalue weighted by Crippen LogP contribution is 2.28. The number of unbranched alkanes of at least 4 members (excludes halogenated alkanes) is 2. The lowest BCUT2D eigenvalue weighted by molar-refractivity contribution is -0.129. The second-order valence-corrected chi connectivity index (χ2v) is 6.66. The highest BCUT2D eigenvalue weighted by molar-refractivity contribution is 5.86. The number of ether oxygens (including phenoxy) is 1. The van der Waals surface area contributed by atoms with Crippen molar-refractivity contribution < 1.29 is 31.1 Å². The largest absolute Gasteiger partial charge is 0.345 e. The zero-order valence-corrected chi connectivity index (χ0v) is 16.0. The Bertz CT molecular complexity index is 1100. The number of pyridine rings is 1. The van der Waals surface area contributed by atoms with E-state index in [0.29, 0.717) is 19.3 Å². The van der Waals surface area contributed by atoms with Crippen LogP contribution in [0, 0.1) is 11.6 Å². The molecule has 3 rings (SSSR count). The van der Waals surface area contributed by atoms with E-state index in [4.69, 9.17) is 0 Å². The summed E-state index contributed by atoms with van der Waals surface area (Å²) in [6.07, 6.45) is 1.55. The Morgan fingerprint density at radius 3 is 2.35 bits per heavy atom. The molecule has 31 heavy (non-hydrogen) atoms. The molecule has 0 fully saturated rings. The molecule has 0 bridgehead atoms. The fourth-order valence-corrected chi connectivity index (χ4v) is 3.04. The van der Waals surface area contributed by atoms with Gasteiger partial charge in [-0.2, -0.15) is 8.78 Å². The minimum atomic E-state index is -2.83. The summed E-state index contributed by atoms with van der Waals surface area (Å²) >= 11 is 0. The van der Waals surface area contributed by atoms with E-state index in [1.807, 2.05) is 0 Å². The smallest absolute Gasteiger partial charge is 0.323 e. The molecule has 0 saturated heterocycles. The number of alkyl halides is 4. The van der Waals surface area contributed by atoms with E-state index in [9.17, 15) is 31.1 Å². The van der Waals surface area contributed by atoms with Gasteiger partial charge < -0.3 is 9.30 Å².